The van der Waals surface area contributed by atoms with Gasteiger partial charge in [-0.15, -0.1) is 15.3 Å². The summed E-state index contributed by atoms with van der Waals surface area (Å²) in [6.07, 6.45) is 5.60. The monoisotopic (exact) mass is 475 g/mol. The van der Waals surface area contributed by atoms with Gasteiger partial charge in [0.1, 0.15) is 5.01 Å². The standard InChI is InChI=1S/C21H23F2N7O2S/c1-13(31)26-17-8-7-16(27-28-17)5-3-4-6-18-29-30-20(33-18)19(32)25-11-14-9-15(12-24-10-14)21(2,22)23/h7-10,12H,3-6,11H2,1-2H3,(H,25,32)(H,26,28,31). The number of aryl methyl sites for hydroxylation is 2. The molecule has 2 amide bonds. The summed E-state index contributed by atoms with van der Waals surface area (Å²) in [5.41, 5.74) is 1.09. The molecular formula is C21H23F2N7O2S. The van der Waals surface area contributed by atoms with Gasteiger partial charge in [0.2, 0.25) is 10.9 Å². The lowest BCUT2D eigenvalue weighted by Gasteiger charge is -2.11. The highest BCUT2D eigenvalue weighted by Crippen LogP contribution is 2.26. The Morgan fingerprint density at radius 3 is 2.55 bits per heavy atom. The fourth-order valence-corrected chi connectivity index (χ4v) is 3.65. The summed E-state index contributed by atoms with van der Waals surface area (Å²) in [4.78, 5) is 27.1. The van der Waals surface area contributed by atoms with Crippen molar-refractivity contribution < 1.29 is 18.4 Å². The van der Waals surface area contributed by atoms with Crippen molar-refractivity contribution in [3.8, 4) is 0 Å². The molecule has 0 aliphatic heterocycles. The molecule has 174 valence electrons. The van der Waals surface area contributed by atoms with Crippen molar-refractivity contribution in [2.24, 2.45) is 0 Å². The summed E-state index contributed by atoms with van der Waals surface area (Å²) in [5.74, 6) is -3.20. The molecule has 3 heterocycles. The van der Waals surface area contributed by atoms with Gasteiger partial charge in [0.25, 0.3) is 11.8 Å². The van der Waals surface area contributed by atoms with Crippen molar-refractivity contribution >= 4 is 29.0 Å². The predicted octanol–water partition coefficient (Wildman–Crippen LogP) is 3.29. The zero-order valence-electron chi connectivity index (χ0n) is 18.1. The highest BCUT2D eigenvalue weighted by atomic mass is 32.1. The van der Waals surface area contributed by atoms with Crippen LogP contribution in [0.3, 0.4) is 0 Å². The Morgan fingerprint density at radius 2 is 1.85 bits per heavy atom. The number of anilines is 1. The van der Waals surface area contributed by atoms with Gasteiger partial charge in [-0.1, -0.05) is 11.3 Å². The van der Waals surface area contributed by atoms with E-state index in [1.165, 1.54) is 30.5 Å². The number of rotatable bonds is 10. The summed E-state index contributed by atoms with van der Waals surface area (Å²) >= 11 is 1.20. The number of hydrogen-bond acceptors (Lipinski definition) is 8. The maximum atomic E-state index is 13.4. The zero-order chi connectivity index (χ0) is 23.8. The first-order valence-corrected chi connectivity index (χ1v) is 11.1. The third-order valence-corrected chi connectivity index (χ3v) is 5.50. The molecule has 0 aliphatic rings. The maximum absolute atomic E-state index is 13.4. The van der Waals surface area contributed by atoms with E-state index in [1.807, 2.05) is 6.07 Å². The number of halogens is 2. The molecule has 0 unspecified atom stereocenters. The molecule has 0 aliphatic carbocycles. The first-order chi connectivity index (χ1) is 15.7. The SMILES string of the molecule is CC(=O)Nc1ccc(CCCCc2nnc(C(=O)NCc3cncc(C(C)(F)F)c3)s2)nn1. The van der Waals surface area contributed by atoms with Gasteiger partial charge >= 0.3 is 0 Å². The minimum atomic E-state index is -3.00. The second-order valence-electron chi connectivity index (χ2n) is 7.45. The summed E-state index contributed by atoms with van der Waals surface area (Å²) < 4.78 is 26.8. The molecule has 0 atom stereocenters. The number of unbranched alkanes of at least 4 members (excludes halogenated alkanes) is 1. The van der Waals surface area contributed by atoms with E-state index in [1.54, 1.807) is 6.07 Å². The second-order valence-corrected chi connectivity index (χ2v) is 8.51. The molecule has 0 bridgehead atoms. The topological polar surface area (TPSA) is 123 Å². The number of carbonyl (C=O) groups excluding carboxylic acids is 2. The summed E-state index contributed by atoms with van der Waals surface area (Å²) in [6, 6.07) is 4.84. The van der Waals surface area contributed by atoms with Crippen molar-refractivity contribution in [2.45, 2.75) is 52.0 Å². The molecule has 12 heteroatoms. The van der Waals surface area contributed by atoms with E-state index in [-0.39, 0.29) is 23.0 Å². The first-order valence-electron chi connectivity index (χ1n) is 10.2. The number of nitrogens with one attached hydrogen (secondary N) is 2. The van der Waals surface area contributed by atoms with Gasteiger partial charge in [-0.05, 0) is 43.0 Å². The van der Waals surface area contributed by atoms with Crippen molar-refractivity contribution in [1.82, 2.24) is 30.7 Å². The van der Waals surface area contributed by atoms with Crippen LogP contribution in [0.2, 0.25) is 0 Å². The van der Waals surface area contributed by atoms with E-state index in [2.05, 4.69) is 36.0 Å². The Kier molecular flexibility index (Phi) is 8.04. The molecule has 3 aromatic rings. The number of nitrogens with zero attached hydrogens (tertiary/aromatic N) is 5. The molecule has 3 rings (SSSR count). The molecule has 3 aromatic heterocycles. The van der Waals surface area contributed by atoms with E-state index < -0.39 is 11.8 Å². The van der Waals surface area contributed by atoms with E-state index >= 15 is 0 Å². The summed E-state index contributed by atoms with van der Waals surface area (Å²) in [7, 11) is 0. The van der Waals surface area contributed by atoms with E-state index in [0.29, 0.717) is 17.8 Å². The Morgan fingerprint density at radius 1 is 1.06 bits per heavy atom. The molecule has 33 heavy (non-hydrogen) atoms. The molecule has 0 saturated carbocycles. The Balaban J connectivity index is 1.42. The average molecular weight is 476 g/mol. The van der Waals surface area contributed by atoms with Crippen LogP contribution in [0.5, 0.6) is 0 Å². The van der Waals surface area contributed by atoms with E-state index in [4.69, 9.17) is 0 Å². The lowest BCUT2D eigenvalue weighted by atomic mass is 10.1. The molecule has 0 fully saturated rings. The highest BCUT2D eigenvalue weighted by Gasteiger charge is 2.24. The van der Waals surface area contributed by atoms with Gasteiger partial charge in [0.05, 0.1) is 5.69 Å². The van der Waals surface area contributed by atoms with Crippen LogP contribution < -0.4 is 10.6 Å². The van der Waals surface area contributed by atoms with Crippen molar-refractivity contribution in [2.75, 3.05) is 5.32 Å². The van der Waals surface area contributed by atoms with Gasteiger partial charge < -0.3 is 10.6 Å². The smallest absolute Gasteiger partial charge is 0.282 e. The number of aromatic nitrogens is 5. The van der Waals surface area contributed by atoms with Crippen LogP contribution in [0.25, 0.3) is 0 Å². The van der Waals surface area contributed by atoms with E-state index in [9.17, 15) is 18.4 Å². The lowest BCUT2D eigenvalue weighted by molar-refractivity contribution is -0.114. The molecule has 0 saturated heterocycles. The number of alkyl halides is 2. The molecule has 0 aromatic carbocycles. The van der Waals surface area contributed by atoms with Crippen LogP contribution >= 0.6 is 11.3 Å². The molecule has 0 spiro atoms. The fraction of sp³-hybridized carbons (Fsp3) is 0.381. The third-order valence-electron chi connectivity index (χ3n) is 4.51. The fourth-order valence-electron chi connectivity index (χ4n) is 2.85. The zero-order valence-corrected chi connectivity index (χ0v) is 19.0. The van der Waals surface area contributed by atoms with Gasteiger partial charge in [0, 0.05) is 44.8 Å². The molecule has 2 N–H and O–H groups in total. The van der Waals surface area contributed by atoms with Crippen molar-refractivity contribution in [3.63, 3.8) is 0 Å². The van der Waals surface area contributed by atoms with Gasteiger partial charge in [-0.25, -0.2) is 8.78 Å². The third kappa shape index (κ3) is 7.59. The predicted molar refractivity (Wildman–Crippen MR) is 118 cm³/mol. The van der Waals surface area contributed by atoms with Crippen molar-refractivity contribution in [1.29, 1.82) is 0 Å². The molecular weight excluding hydrogens is 452 g/mol. The summed E-state index contributed by atoms with van der Waals surface area (Å²) in [5, 5.41) is 22.2. The quantitative estimate of drug-likeness (QED) is 0.431. The van der Waals surface area contributed by atoms with Crippen LogP contribution in [0.1, 0.15) is 58.3 Å². The average Bonchev–Trinajstić information content (AvgIpc) is 3.24. The number of hydrogen-bond donors (Lipinski definition) is 2. The van der Waals surface area contributed by atoms with Crippen LogP contribution in [-0.4, -0.2) is 37.2 Å². The molecule has 0 radical (unpaired) electrons. The van der Waals surface area contributed by atoms with Crippen LogP contribution in [0.4, 0.5) is 14.6 Å². The normalized spacial score (nSPS) is 11.3. The molecule has 9 nitrogen and oxygen atoms in total. The lowest BCUT2D eigenvalue weighted by Crippen LogP contribution is -2.23. The second kappa shape index (κ2) is 10.9. The minimum absolute atomic E-state index is 0.0619. The highest BCUT2D eigenvalue weighted by molar-refractivity contribution is 7.13. The largest absolute Gasteiger partial charge is 0.346 e. The number of pyridine rings is 1. The van der Waals surface area contributed by atoms with Gasteiger partial charge in [0.15, 0.2) is 5.82 Å². The van der Waals surface area contributed by atoms with Crippen LogP contribution in [0, 0.1) is 0 Å². The summed E-state index contributed by atoms with van der Waals surface area (Å²) in [6.45, 7) is 2.27. The van der Waals surface area contributed by atoms with E-state index in [0.717, 1.165) is 43.1 Å². The van der Waals surface area contributed by atoms with Crippen molar-refractivity contribution in [3.05, 3.63) is 57.4 Å². The van der Waals surface area contributed by atoms with Crippen LogP contribution in [0.15, 0.2) is 30.6 Å². The van der Waals surface area contributed by atoms with Gasteiger partial charge in [-0.3, -0.25) is 14.6 Å². The number of amides is 2. The maximum Gasteiger partial charge on any atom is 0.282 e. The van der Waals surface area contributed by atoms with Gasteiger partial charge in [-0.2, -0.15) is 5.10 Å². The first kappa shape index (κ1) is 24.2. The Labute approximate surface area is 193 Å². The Hall–Kier alpha value is -3.41. The Bertz CT molecular complexity index is 1100. The van der Waals surface area contributed by atoms with Crippen LogP contribution in [-0.2, 0) is 30.1 Å². The minimum Gasteiger partial charge on any atom is -0.346 e. The number of carbonyl (C=O) groups is 2.